The van der Waals surface area contributed by atoms with Crippen LogP contribution in [0, 0.1) is 0 Å². The van der Waals surface area contributed by atoms with Crippen molar-refractivity contribution in [1.82, 2.24) is 24.5 Å². The van der Waals surface area contributed by atoms with E-state index < -0.39 is 0 Å². The smallest absolute Gasteiger partial charge is 0.302 e. The molecule has 2 heterocycles. The van der Waals surface area contributed by atoms with Crippen molar-refractivity contribution in [1.29, 1.82) is 0 Å². The Morgan fingerprint density at radius 3 is 2.46 bits per heavy atom. The van der Waals surface area contributed by atoms with Gasteiger partial charge in [0.05, 0.1) is 17.1 Å². The maximum Gasteiger partial charge on any atom is 0.349 e. The lowest BCUT2D eigenvalue weighted by molar-refractivity contribution is 0.389. The maximum absolute atomic E-state index is 12.7. The molecule has 1 N–H and O–H groups in total. The Bertz CT molecular complexity index is 1210. The van der Waals surface area contributed by atoms with Gasteiger partial charge in [0.25, 0.3) is 0 Å². The number of halogens is 2. The molecule has 142 valence electrons. The minimum absolute atomic E-state index is 0.352. The Balaban J connectivity index is 2.07. The first-order chi connectivity index (χ1) is 13.4. The molecule has 4 aromatic rings. The molecule has 0 fully saturated rings. The Labute approximate surface area is 171 Å². The molecule has 8 heteroatoms. The van der Waals surface area contributed by atoms with Crippen molar-refractivity contribution in [2.75, 3.05) is 14.1 Å². The minimum Gasteiger partial charge on any atom is -0.302 e. The number of benzene rings is 2. The third-order valence-corrected chi connectivity index (χ3v) is 4.85. The lowest BCUT2D eigenvalue weighted by Crippen LogP contribution is -2.23. The Kier molecular flexibility index (Phi) is 4.93. The fourth-order valence-corrected chi connectivity index (χ4v) is 3.44. The predicted molar refractivity (Wildman–Crippen MR) is 112 cm³/mol. The second-order valence-corrected chi connectivity index (χ2v) is 7.52. The lowest BCUT2D eigenvalue weighted by Gasteiger charge is -2.09. The van der Waals surface area contributed by atoms with Gasteiger partial charge in [-0.1, -0.05) is 53.5 Å². The molecule has 0 aliphatic rings. The third kappa shape index (κ3) is 3.42. The van der Waals surface area contributed by atoms with Crippen molar-refractivity contribution in [2.24, 2.45) is 0 Å². The van der Waals surface area contributed by atoms with Gasteiger partial charge in [0.1, 0.15) is 11.5 Å². The van der Waals surface area contributed by atoms with Crippen molar-refractivity contribution in [3.05, 3.63) is 74.9 Å². The molecule has 2 aromatic carbocycles. The molecule has 0 unspecified atom stereocenters. The largest absolute Gasteiger partial charge is 0.349 e. The third-order valence-electron chi connectivity index (χ3n) is 4.27. The van der Waals surface area contributed by atoms with Gasteiger partial charge in [0, 0.05) is 10.6 Å². The summed E-state index contributed by atoms with van der Waals surface area (Å²) in [5, 5.41) is 5.71. The summed E-state index contributed by atoms with van der Waals surface area (Å²) >= 11 is 12.5. The zero-order valence-electron chi connectivity index (χ0n) is 15.3. The maximum atomic E-state index is 12.7. The van der Waals surface area contributed by atoms with Crippen molar-refractivity contribution in [3.8, 4) is 22.4 Å². The van der Waals surface area contributed by atoms with Crippen LogP contribution in [0.3, 0.4) is 0 Å². The summed E-state index contributed by atoms with van der Waals surface area (Å²) in [5.41, 5.74) is 3.02. The van der Waals surface area contributed by atoms with Crippen LogP contribution in [0.1, 0.15) is 5.82 Å². The molecule has 0 aliphatic heterocycles. The molecule has 0 amide bonds. The summed E-state index contributed by atoms with van der Waals surface area (Å²) in [5.74, 6) is 0.559. The van der Waals surface area contributed by atoms with Gasteiger partial charge in [-0.2, -0.15) is 9.61 Å². The van der Waals surface area contributed by atoms with Gasteiger partial charge in [0.15, 0.2) is 5.65 Å². The summed E-state index contributed by atoms with van der Waals surface area (Å²) in [7, 11) is 3.83. The molecule has 6 nitrogen and oxygen atoms in total. The van der Waals surface area contributed by atoms with E-state index in [1.807, 2.05) is 49.3 Å². The van der Waals surface area contributed by atoms with E-state index in [1.165, 1.54) is 4.52 Å². The first kappa shape index (κ1) is 18.7. The van der Waals surface area contributed by atoms with E-state index in [0.717, 1.165) is 16.7 Å². The number of hydrogen-bond acceptors (Lipinski definition) is 4. The van der Waals surface area contributed by atoms with E-state index in [2.05, 4.69) is 15.1 Å². The fourth-order valence-electron chi connectivity index (χ4n) is 3.08. The van der Waals surface area contributed by atoms with Crippen LogP contribution >= 0.6 is 23.2 Å². The van der Waals surface area contributed by atoms with Crippen LogP contribution in [0.25, 0.3) is 28.0 Å². The Hall–Kier alpha value is -2.67. The van der Waals surface area contributed by atoms with Crippen molar-refractivity contribution in [3.63, 3.8) is 0 Å². The molecular weight excluding hydrogens is 397 g/mol. The highest BCUT2D eigenvalue weighted by atomic mass is 35.5. The second kappa shape index (κ2) is 7.39. The standard InChI is InChI=1S/C20H17Cl2N5O/c1-26(2)11-16-23-19-17(12-7-9-13(21)10-8-12)18(25-27(19)20(28)24-16)14-5-3-4-6-15(14)22/h3-10H,11H2,1-2H3,(H,23,24,28). The summed E-state index contributed by atoms with van der Waals surface area (Å²) in [6.45, 7) is 0.498. The summed E-state index contributed by atoms with van der Waals surface area (Å²) in [4.78, 5) is 22.1. The SMILES string of the molecule is CN(C)Cc1nc2c(-c3ccc(Cl)cc3)c(-c3ccccc3Cl)nn2c(=O)[nH]1. The highest BCUT2D eigenvalue weighted by molar-refractivity contribution is 6.33. The predicted octanol–water partition coefficient (Wildman–Crippen LogP) is 4.12. The molecule has 28 heavy (non-hydrogen) atoms. The highest BCUT2D eigenvalue weighted by Crippen LogP contribution is 2.37. The van der Waals surface area contributed by atoms with Crippen LogP contribution in [-0.2, 0) is 6.54 Å². The Morgan fingerprint density at radius 1 is 1.07 bits per heavy atom. The van der Waals surface area contributed by atoms with E-state index in [4.69, 9.17) is 23.2 Å². The van der Waals surface area contributed by atoms with Gasteiger partial charge in [-0.05, 0) is 37.9 Å². The van der Waals surface area contributed by atoms with Crippen molar-refractivity contribution < 1.29 is 0 Å². The zero-order valence-corrected chi connectivity index (χ0v) is 16.8. The molecule has 0 bridgehead atoms. The van der Waals surface area contributed by atoms with E-state index in [1.54, 1.807) is 18.2 Å². The fraction of sp³-hybridized carbons (Fsp3) is 0.150. The summed E-state index contributed by atoms with van der Waals surface area (Å²) < 4.78 is 1.28. The lowest BCUT2D eigenvalue weighted by atomic mass is 10.0. The van der Waals surface area contributed by atoms with Gasteiger partial charge < -0.3 is 4.90 Å². The van der Waals surface area contributed by atoms with Gasteiger partial charge >= 0.3 is 5.69 Å². The van der Waals surface area contributed by atoms with Crippen LogP contribution in [0.5, 0.6) is 0 Å². The molecule has 0 spiro atoms. The summed E-state index contributed by atoms with van der Waals surface area (Å²) in [6.07, 6.45) is 0. The number of fused-ring (bicyclic) bond motifs is 1. The summed E-state index contributed by atoms with van der Waals surface area (Å²) in [6, 6.07) is 14.8. The number of nitrogens with one attached hydrogen (secondary N) is 1. The number of H-pyrrole nitrogens is 1. The van der Waals surface area contributed by atoms with Crippen LogP contribution in [0.2, 0.25) is 10.0 Å². The van der Waals surface area contributed by atoms with E-state index in [9.17, 15) is 4.79 Å². The normalized spacial score (nSPS) is 11.5. The van der Waals surface area contributed by atoms with Crippen molar-refractivity contribution in [2.45, 2.75) is 6.54 Å². The van der Waals surface area contributed by atoms with Gasteiger partial charge in [-0.25, -0.2) is 9.78 Å². The Morgan fingerprint density at radius 2 is 1.79 bits per heavy atom. The molecular formula is C20H17Cl2N5O. The van der Waals surface area contributed by atoms with E-state index >= 15 is 0 Å². The minimum atomic E-state index is -0.352. The average Bonchev–Trinajstić information content (AvgIpc) is 3.02. The number of rotatable bonds is 4. The van der Waals surface area contributed by atoms with Gasteiger partial charge in [0.2, 0.25) is 0 Å². The van der Waals surface area contributed by atoms with Crippen molar-refractivity contribution >= 4 is 28.8 Å². The van der Waals surface area contributed by atoms with Crippen LogP contribution in [-0.4, -0.2) is 38.6 Å². The number of nitrogens with zero attached hydrogens (tertiary/aromatic N) is 4. The van der Waals surface area contributed by atoms with Gasteiger partial charge in [-0.3, -0.25) is 4.98 Å². The second-order valence-electron chi connectivity index (χ2n) is 6.67. The number of hydrogen-bond donors (Lipinski definition) is 1. The first-order valence-electron chi connectivity index (χ1n) is 8.61. The molecule has 0 saturated carbocycles. The monoisotopic (exact) mass is 413 g/mol. The quantitative estimate of drug-likeness (QED) is 0.546. The molecule has 0 radical (unpaired) electrons. The zero-order chi connectivity index (χ0) is 19.8. The molecule has 2 aromatic heterocycles. The number of aromatic amines is 1. The van der Waals surface area contributed by atoms with Crippen LogP contribution < -0.4 is 5.69 Å². The number of aromatic nitrogens is 4. The topological polar surface area (TPSA) is 66.3 Å². The molecule has 4 rings (SSSR count). The van der Waals surface area contributed by atoms with Gasteiger partial charge in [-0.15, -0.1) is 0 Å². The first-order valence-corrected chi connectivity index (χ1v) is 9.37. The van der Waals surface area contributed by atoms with E-state index in [0.29, 0.717) is 33.8 Å². The molecule has 0 aliphatic carbocycles. The average molecular weight is 414 g/mol. The molecule has 0 saturated heterocycles. The van der Waals surface area contributed by atoms with Crippen LogP contribution in [0.15, 0.2) is 53.3 Å². The highest BCUT2D eigenvalue weighted by Gasteiger charge is 2.21. The van der Waals surface area contributed by atoms with Crippen LogP contribution in [0.4, 0.5) is 0 Å². The molecule has 0 atom stereocenters. The van der Waals surface area contributed by atoms with E-state index in [-0.39, 0.29) is 5.69 Å².